The molecule has 0 amide bonds. The maximum Gasteiger partial charge on any atom is 0.164 e. The number of aromatic nitrogens is 5. The third-order valence-corrected chi connectivity index (χ3v) is 6.93. The first-order valence-electron chi connectivity index (χ1n) is 13.1. The molecule has 0 saturated carbocycles. The van der Waals surface area contributed by atoms with E-state index in [2.05, 4.69) is 70.6 Å². The number of hydrogen-bond acceptors (Lipinski definition) is 5. The lowest BCUT2D eigenvalue weighted by molar-refractivity contribution is 1.08. The van der Waals surface area contributed by atoms with Gasteiger partial charge >= 0.3 is 0 Å². The van der Waals surface area contributed by atoms with Crippen molar-refractivity contribution in [2.24, 2.45) is 0 Å². The zero-order valence-electron chi connectivity index (χ0n) is 21.5. The first kappa shape index (κ1) is 23.6. The van der Waals surface area contributed by atoms with Crippen LogP contribution in [-0.4, -0.2) is 24.9 Å². The Bertz CT molecular complexity index is 1860. The number of fused-ring (bicyclic) bond motifs is 1. The summed E-state index contributed by atoms with van der Waals surface area (Å²) < 4.78 is 0. The zero-order chi connectivity index (χ0) is 26.7. The molecule has 2 aromatic heterocycles. The second kappa shape index (κ2) is 10.3. The van der Waals surface area contributed by atoms with Crippen molar-refractivity contribution in [3.8, 4) is 56.4 Å². The van der Waals surface area contributed by atoms with Crippen LogP contribution in [0.25, 0.3) is 67.2 Å². The lowest BCUT2D eigenvalue weighted by atomic mass is 9.93. The fourth-order valence-corrected chi connectivity index (χ4v) is 4.99. The van der Waals surface area contributed by atoms with E-state index >= 15 is 0 Å². The third kappa shape index (κ3) is 4.50. The molecular formula is C35H23N5. The van der Waals surface area contributed by atoms with Crippen molar-refractivity contribution in [3.05, 3.63) is 140 Å². The lowest BCUT2D eigenvalue weighted by Crippen LogP contribution is -2.00. The van der Waals surface area contributed by atoms with Gasteiger partial charge in [0.25, 0.3) is 0 Å². The van der Waals surface area contributed by atoms with E-state index in [0.29, 0.717) is 17.5 Å². The normalized spacial score (nSPS) is 11.0. The van der Waals surface area contributed by atoms with E-state index in [0.717, 1.165) is 49.7 Å². The fourth-order valence-electron chi connectivity index (χ4n) is 4.99. The summed E-state index contributed by atoms with van der Waals surface area (Å²) in [6.45, 7) is 0. The maximum atomic E-state index is 5.00. The van der Waals surface area contributed by atoms with Gasteiger partial charge in [0.1, 0.15) is 6.33 Å². The van der Waals surface area contributed by atoms with Crippen LogP contribution in [0.1, 0.15) is 0 Å². The summed E-state index contributed by atoms with van der Waals surface area (Å²) in [5, 5.41) is 2.23. The van der Waals surface area contributed by atoms with Crippen molar-refractivity contribution in [3.63, 3.8) is 0 Å². The van der Waals surface area contributed by atoms with E-state index in [-0.39, 0.29) is 0 Å². The van der Waals surface area contributed by atoms with Gasteiger partial charge in [-0.05, 0) is 22.1 Å². The van der Waals surface area contributed by atoms with Crippen LogP contribution in [0.3, 0.4) is 0 Å². The molecule has 0 fully saturated rings. The van der Waals surface area contributed by atoms with Gasteiger partial charge in [-0.3, -0.25) is 0 Å². The summed E-state index contributed by atoms with van der Waals surface area (Å²) in [5.41, 5.74) is 7.15. The molecule has 0 radical (unpaired) electrons. The molecule has 0 aliphatic rings. The van der Waals surface area contributed by atoms with E-state index in [1.54, 1.807) is 6.33 Å². The van der Waals surface area contributed by atoms with E-state index in [1.165, 1.54) is 0 Å². The van der Waals surface area contributed by atoms with Crippen molar-refractivity contribution in [1.29, 1.82) is 0 Å². The molecule has 0 bridgehead atoms. The minimum absolute atomic E-state index is 0.642. The smallest absolute Gasteiger partial charge is 0.164 e. The summed E-state index contributed by atoms with van der Waals surface area (Å²) >= 11 is 0. The highest BCUT2D eigenvalue weighted by Crippen LogP contribution is 2.37. The Hall–Kier alpha value is -5.55. The molecule has 2 heterocycles. The predicted molar refractivity (Wildman–Crippen MR) is 160 cm³/mol. The Morgan fingerprint density at radius 3 is 1.48 bits per heavy atom. The van der Waals surface area contributed by atoms with Crippen LogP contribution in [0.2, 0.25) is 0 Å². The van der Waals surface area contributed by atoms with E-state index < -0.39 is 0 Å². The van der Waals surface area contributed by atoms with Gasteiger partial charge in [0, 0.05) is 40.0 Å². The predicted octanol–water partition coefficient (Wildman–Crippen LogP) is 8.15. The van der Waals surface area contributed by atoms with Crippen LogP contribution < -0.4 is 0 Å². The molecule has 0 aliphatic carbocycles. The second-order valence-corrected chi connectivity index (χ2v) is 9.45. The zero-order valence-corrected chi connectivity index (χ0v) is 21.5. The largest absolute Gasteiger partial charge is 0.244 e. The summed E-state index contributed by atoms with van der Waals surface area (Å²) in [6.07, 6.45) is 5.20. The van der Waals surface area contributed by atoms with Crippen LogP contribution in [0.15, 0.2) is 140 Å². The van der Waals surface area contributed by atoms with Crippen molar-refractivity contribution in [2.45, 2.75) is 0 Å². The molecule has 0 saturated heterocycles. The highest BCUT2D eigenvalue weighted by Gasteiger charge is 2.16. The van der Waals surface area contributed by atoms with Crippen molar-refractivity contribution < 1.29 is 0 Å². The van der Waals surface area contributed by atoms with Crippen LogP contribution in [0.4, 0.5) is 0 Å². The number of nitrogens with zero attached hydrogens (tertiary/aromatic N) is 5. The molecule has 7 aromatic rings. The Morgan fingerprint density at radius 1 is 0.350 bits per heavy atom. The van der Waals surface area contributed by atoms with Crippen LogP contribution >= 0.6 is 0 Å². The van der Waals surface area contributed by atoms with Gasteiger partial charge in [0.15, 0.2) is 17.5 Å². The SMILES string of the molecule is c1ccc(-c2nc(-c3ccccc3)nc(-c3cccc4cccc(-c5ccc(-c6cncnc6)cc5)c34)n2)cc1. The Labute approximate surface area is 231 Å². The summed E-state index contributed by atoms with van der Waals surface area (Å²) in [5.74, 6) is 1.94. The number of rotatable bonds is 5. The first-order valence-corrected chi connectivity index (χ1v) is 13.1. The van der Waals surface area contributed by atoms with Gasteiger partial charge in [-0.15, -0.1) is 0 Å². The second-order valence-electron chi connectivity index (χ2n) is 9.45. The van der Waals surface area contributed by atoms with Gasteiger partial charge in [-0.1, -0.05) is 121 Å². The van der Waals surface area contributed by atoms with E-state index in [1.807, 2.05) is 73.1 Å². The van der Waals surface area contributed by atoms with Crippen LogP contribution in [-0.2, 0) is 0 Å². The molecule has 188 valence electrons. The average Bonchev–Trinajstić information content (AvgIpc) is 3.05. The summed E-state index contributed by atoms with van der Waals surface area (Å²) in [4.78, 5) is 23.2. The van der Waals surface area contributed by atoms with Gasteiger partial charge in [0.05, 0.1) is 0 Å². The topological polar surface area (TPSA) is 64.5 Å². The first-order chi connectivity index (χ1) is 19.8. The minimum atomic E-state index is 0.642. The summed E-state index contributed by atoms with van der Waals surface area (Å²) in [6, 6.07) is 41.3. The van der Waals surface area contributed by atoms with Gasteiger partial charge in [-0.2, -0.15) is 0 Å². The van der Waals surface area contributed by atoms with Crippen molar-refractivity contribution in [2.75, 3.05) is 0 Å². The molecule has 40 heavy (non-hydrogen) atoms. The van der Waals surface area contributed by atoms with Crippen molar-refractivity contribution in [1.82, 2.24) is 24.9 Å². The molecule has 0 spiro atoms. The number of hydrogen-bond donors (Lipinski definition) is 0. The molecule has 0 atom stereocenters. The van der Waals surface area contributed by atoms with Gasteiger partial charge in [-0.25, -0.2) is 24.9 Å². The molecule has 5 nitrogen and oxygen atoms in total. The van der Waals surface area contributed by atoms with Gasteiger partial charge < -0.3 is 0 Å². The standard InChI is InChI=1S/C35H23N5/c1-3-9-27(10-4-1)33-38-34(28-11-5-2-6-12-28)40-35(39-33)31-16-8-14-26-13-7-15-30(32(26)31)25-19-17-24(18-20-25)29-21-36-23-37-22-29/h1-23H. The minimum Gasteiger partial charge on any atom is -0.244 e. The Balaban J connectivity index is 1.42. The van der Waals surface area contributed by atoms with E-state index in [4.69, 9.17) is 15.0 Å². The highest BCUT2D eigenvalue weighted by molar-refractivity contribution is 6.05. The summed E-state index contributed by atoms with van der Waals surface area (Å²) in [7, 11) is 0. The van der Waals surface area contributed by atoms with E-state index in [9.17, 15) is 0 Å². The lowest BCUT2D eigenvalue weighted by Gasteiger charge is -2.14. The molecular weight excluding hydrogens is 490 g/mol. The quantitative estimate of drug-likeness (QED) is 0.232. The highest BCUT2D eigenvalue weighted by atomic mass is 15.0. The molecule has 0 aliphatic heterocycles. The molecule has 0 N–H and O–H groups in total. The maximum absolute atomic E-state index is 5.00. The molecule has 5 aromatic carbocycles. The Morgan fingerprint density at radius 2 is 0.875 bits per heavy atom. The Kier molecular flexibility index (Phi) is 6.07. The van der Waals surface area contributed by atoms with Crippen LogP contribution in [0.5, 0.6) is 0 Å². The molecule has 0 unspecified atom stereocenters. The van der Waals surface area contributed by atoms with Crippen molar-refractivity contribution >= 4 is 10.8 Å². The number of benzene rings is 5. The third-order valence-electron chi connectivity index (χ3n) is 6.93. The van der Waals surface area contributed by atoms with Gasteiger partial charge in [0.2, 0.25) is 0 Å². The fraction of sp³-hybridized carbons (Fsp3) is 0. The van der Waals surface area contributed by atoms with Crippen LogP contribution in [0, 0.1) is 0 Å². The molecule has 5 heteroatoms. The monoisotopic (exact) mass is 513 g/mol. The average molecular weight is 514 g/mol. The molecule has 7 rings (SSSR count).